The molecule has 0 amide bonds. The smallest absolute Gasteiger partial charge is 0.239 e. The molecule has 0 unspecified atom stereocenters. The first-order valence-corrected chi connectivity index (χ1v) is 7.94. The zero-order chi connectivity index (χ0) is 15.5. The first-order chi connectivity index (χ1) is 9.92. The van der Waals surface area contributed by atoms with Gasteiger partial charge in [-0.3, -0.25) is 4.31 Å². The molecule has 0 aromatic heterocycles. The van der Waals surface area contributed by atoms with E-state index in [1.54, 1.807) is 24.3 Å². The normalized spacial score (nSPS) is 11.4. The Morgan fingerprint density at radius 2 is 1.76 bits per heavy atom. The van der Waals surface area contributed by atoms with Gasteiger partial charge in [0.2, 0.25) is 10.0 Å². The Kier molecular flexibility index (Phi) is 4.59. The first kappa shape index (κ1) is 15.5. The first-order valence-electron chi connectivity index (χ1n) is 6.33. The number of sulfonamides is 1. The maximum atomic E-state index is 13.2. The Hall–Kier alpha value is -1.92. The monoisotopic (exact) mass is 309 g/mol. The summed E-state index contributed by atoms with van der Waals surface area (Å²) in [5, 5.41) is 9.08. The standard InChI is InChI=1S/C15H16FNO3S/c1-17(15-7-3-6-14(16)9-15)21(19,20)11-13-5-2-4-12(8-13)10-18/h2-9,18H,10-11H2,1H3. The van der Waals surface area contributed by atoms with E-state index in [1.807, 2.05) is 0 Å². The molecule has 0 aliphatic rings. The van der Waals surface area contributed by atoms with E-state index in [9.17, 15) is 12.8 Å². The number of hydrogen-bond acceptors (Lipinski definition) is 3. The van der Waals surface area contributed by atoms with Gasteiger partial charge >= 0.3 is 0 Å². The molecule has 2 rings (SSSR count). The van der Waals surface area contributed by atoms with Gasteiger partial charge in [-0.2, -0.15) is 0 Å². The summed E-state index contributed by atoms with van der Waals surface area (Å²) in [6.45, 7) is -0.145. The lowest BCUT2D eigenvalue weighted by molar-refractivity contribution is 0.282. The summed E-state index contributed by atoms with van der Waals surface area (Å²) in [6, 6.07) is 12.1. The summed E-state index contributed by atoms with van der Waals surface area (Å²) in [4.78, 5) is 0. The third kappa shape index (κ3) is 3.80. The third-order valence-corrected chi connectivity index (χ3v) is 4.86. The number of aliphatic hydroxyl groups is 1. The SMILES string of the molecule is CN(c1cccc(F)c1)S(=O)(=O)Cc1cccc(CO)c1. The minimum absolute atomic E-state index is 0.145. The molecule has 4 nitrogen and oxygen atoms in total. The van der Waals surface area contributed by atoms with Gasteiger partial charge in [0, 0.05) is 7.05 Å². The van der Waals surface area contributed by atoms with Crippen LogP contribution in [0.2, 0.25) is 0 Å². The predicted octanol–water partition coefficient (Wildman–Crippen LogP) is 2.28. The van der Waals surface area contributed by atoms with Crippen molar-refractivity contribution in [2.24, 2.45) is 0 Å². The lowest BCUT2D eigenvalue weighted by atomic mass is 10.1. The van der Waals surface area contributed by atoms with Gasteiger partial charge < -0.3 is 5.11 Å². The van der Waals surface area contributed by atoms with Crippen molar-refractivity contribution in [1.82, 2.24) is 0 Å². The van der Waals surface area contributed by atoms with Gasteiger partial charge in [0.15, 0.2) is 0 Å². The molecule has 0 aliphatic heterocycles. The summed E-state index contributed by atoms with van der Waals surface area (Å²) in [6.07, 6.45) is 0. The highest BCUT2D eigenvalue weighted by Crippen LogP contribution is 2.20. The molecule has 0 spiro atoms. The number of hydrogen-bond donors (Lipinski definition) is 1. The Bertz CT molecular complexity index is 731. The van der Waals surface area contributed by atoms with Gasteiger partial charge in [0.05, 0.1) is 18.0 Å². The van der Waals surface area contributed by atoms with Crippen LogP contribution in [0.25, 0.3) is 0 Å². The van der Waals surface area contributed by atoms with Gasteiger partial charge in [-0.1, -0.05) is 30.3 Å². The van der Waals surface area contributed by atoms with E-state index in [0.29, 0.717) is 11.1 Å². The van der Waals surface area contributed by atoms with Crippen molar-refractivity contribution in [3.63, 3.8) is 0 Å². The molecule has 112 valence electrons. The number of aliphatic hydroxyl groups excluding tert-OH is 1. The second-order valence-corrected chi connectivity index (χ2v) is 6.68. The van der Waals surface area contributed by atoms with E-state index in [2.05, 4.69) is 0 Å². The average molecular weight is 309 g/mol. The van der Waals surface area contributed by atoms with E-state index in [4.69, 9.17) is 5.11 Å². The molecule has 0 atom stereocenters. The van der Waals surface area contributed by atoms with E-state index in [-0.39, 0.29) is 18.0 Å². The van der Waals surface area contributed by atoms with Crippen LogP contribution in [0.1, 0.15) is 11.1 Å². The molecule has 6 heteroatoms. The number of benzene rings is 2. The largest absolute Gasteiger partial charge is 0.392 e. The molecular formula is C15H16FNO3S. The van der Waals surface area contributed by atoms with E-state index in [0.717, 1.165) is 4.31 Å². The minimum atomic E-state index is -3.62. The maximum Gasteiger partial charge on any atom is 0.239 e. The molecular weight excluding hydrogens is 293 g/mol. The van der Waals surface area contributed by atoms with Gasteiger partial charge in [-0.15, -0.1) is 0 Å². The van der Waals surface area contributed by atoms with Crippen LogP contribution >= 0.6 is 0 Å². The van der Waals surface area contributed by atoms with Crippen molar-refractivity contribution in [1.29, 1.82) is 0 Å². The second kappa shape index (κ2) is 6.24. The zero-order valence-electron chi connectivity index (χ0n) is 11.5. The van der Waals surface area contributed by atoms with E-state index in [1.165, 1.54) is 31.3 Å². The van der Waals surface area contributed by atoms with Crippen LogP contribution in [0, 0.1) is 5.82 Å². The molecule has 0 saturated heterocycles. The maximum absolute atomic E-state index is 13.2. The molecule has 0 fully saturated rings. The summed E-state index contributed by atoms with van der Waals surface area (Å²) >= 11 is 0. The van der Waals surface area contributed by atoms with E-state index >= 15 is 0 Å². The topological polar surface area (TPSA) is 57.6 Å². The molecule has 0 radical (unpaired) electrons. The van der Waals surface area contributed by atoms with Crippen LogP contribution in [-0.2, 0) is 22.4 Å². The summed E-state index contributed by atoms with van der Waals surface area (Å²) in [5.74, 6) is -0.703. The number of nitrogens with zero attached hydrogens (tertiary/aromatic N) is 1. The Balaban J connectivity index is 2.25. The Morgan fingerprint density at radius 3 is 2.43 bits per heavy atom. The highest BCUT2D eigenvalue weighted by molar-refractivity contribution is 7.92. The molecule has 0 saturated carbocycles. The van der Waals surface area contributed by atoms with Gasteiger partial charge in [-0.25, -0.2) is 12.8 Å². The molecule has 0 bridgehead atoms. The molecule has 2 aromatic carbocycles. The van der Waals surface area contributed by atoms with Crippen LogP contribution in [0.3, 0.4) is 0 Å². The third-order valence-electron chi connectivity index (χ3n) is 3.11. The summed E-state index contributed by atoms with van der Waals surface area (Å²) in [5.41, 5.74) is 1.49. The summed E-state index contributed by atoms with van der Waals surface area (Å²) in [7, 11) is -2.23. The predicted molar refractivity (Wildman–Crippen MR) is 79.8 cm³/mol. The van der Waals surface area contributed by atoms with E-state index < -0.39 is 15.8 Å². The van der Waals surface area contributed by atoms with Crippen molar-refractivity contribution >= 4 is 15.7 Å². The molecule has 1 N–H and O–H groups in total. The quantitative estimate of drug-likeness (QED) is 0.922. The van der Waals surface area contributed by atoms with Gasteiger partial charge in [-0.05, 0) is 29.3 Å². The lowest BCUT2D eigenvalue weighted by Crippen LogP contribution is -2.28. The highest BCUT2D eigenvalue weighted by atomic mass is 32.2. The number of anilines is 1. The highest BCUT2D eigenvalue weighted by Gasteiger charge is 2.19. The average Bonchev–Trinajstić information content (AvgIpc) is 2.46. The zero-order valence-corrected chi connectivity index (χ0v) is 12.3. The number of rotatable bonds is 5. The molecule has 21 heavy (non-hydrogen) atoms. The van der Waals surface area contributed by atoms with Crippen LogP contribution in [0.15, 0.2) is 48.5 Å². The fourth-order valence-corrected chi connectivity index (χ4v) is 3.19. The van der Waals surface area contributed by atoms with Gasteiger partial charge in [0.25, 0.3) is 0 Å². The fourth-order valence-electron chi connectivity index (χ4n) is 1.96. The minimum Gasteiger partial charge on any atom is -0.392 e. The van der Waals surface area contributed by atoms with Crippen molar-refractivity contribution in [3.8, 4) is 0 Å². The molecule has 2 aromatic rings. The second-order valence-electron chi connectivity index (χ2n) is 4.68. The fraction of sp³-hybridized carbons (Fsp3) is 0.200. The number of halogens is 1. The molecule has 0 aliphatic carbocycles. The van der Waals surface area contributed by atoms with Crippen molar-refractivity contribution in [2.45, 2.75) is 12.4 Å². The van der Waals surface area contributed by atoms with Crippen molar-refractivity contribution < 1.29 is 17.9 Å². The van der Waals surface area contributed by atoms with Crippen molar-refractivity contribution in [2.75, 3.05) is 11.4 Å². The van der Waals surface area contributed by atoms with Crippen LogP contribution in [0.5, 0.6) is 0 Å². The van der Waals surface area contributed by atoms with Crippen molar-refractivity contribution in [3.05, 3.63) is 65.5 Å². The lowest BCUT2D eigenvalue weighted by Gasteiger charge is -2.19. The van der Waals surface area contributed by atoms with Gasteiger partial charge in [0.1, 0.15) is 5.82 Å². The Labute approximate surface area is 123 Å². The summed E-state index contributed by atoms with van der Waals surface area (Å²) < 4.78 is 39.0. The molecule has 0 heterocycles. The Morgan fingerprint density at radius 1 is 1.10 bits per heavy atom. The van der Waals surface area contributed by atoms with Crippen LogP contribution in [-0.4, -0.2) is 20.6 Å². The van der Waals surface area contributed by atoms with Crippen LogP contribution in [0.4, 0.5) is 10.1 Å². The van der Waals surface area contributed by atoms with Crippen LogP contribution < -0.4 is 4.31 Å².